The maximum atomic E-state index is 5.32. The maximum Gasteiger partial charge on any atom is 0.323 e. The van der Waals surface area contributed by atoms with Gasteiger partial charge in [-0.1, -0.05) is 6.08 Å². The second-order valence-corrected chi connectivity index (χ2v) is 3.21. The van der Waals surface area contributed by atoms with Crippen LogP contribution in [0.4, 0.5) is 11.9 Å². The highest BCUT2D eigenvalue weighted by atomic mass is 16.5. The van der Waals surface area contributed by atoms with Gasteiger partial charge in [-0.2, -0.15) is 15.0 Å². The minimum Gasteiger partial charge on any atom is -0.463 e. The number of aromatic nitrogens is 3. The zero-order valence-corrected chi connectivity index (χ0v) is 9.47. The van der Waals surface area contributed by atoms with E-state index in [2.05, 4.69) is 27.0 Å². The third-order valence-corrected chi connectivity index (χ3v) is 1.69. The highest BCUT2D eigenvalue weighted by Crippen LogP contribution is 2.12. The number of nitrogens with zero attached hydrogens (tertiary/aromatic N) is 4. The molecule has 0 spiro atoms. The van der Waals surface area contributed by atoms with Gasteiger partial charge < -0.3 is 9.64 Å². The summed E-state index contributed by atoms with van der Waals surface area (Å²) in [5, 5.41) is 0. The first kappa shape index (κ1) is 12.2. The SMILES string of the molecule is C=CCCOc1nc(NN)nc(N(C)C)n1. The summed E-state index contributed by atoms with van der Waals surface area (Å²) in [5.74, 6) is 6.00. The van der Waals surface area contributed by atoms with Crippen LogP contribution in [-0.4, -0.2) is 35.7 Å². The predicted molar refractivity (Wildman–Crippen MR) is 62.3 cm³/mol. The third-order valence-electron chi connectivity index (χ3n) is 1.69. The van der Waals surface area contributed by atoms with Crippen LogP contribution in [0.25, 0.3) is 0 Å². The first-order valence-corrected chi connectivity index (χ1v) is 4.81. The molecule has 0 fully saturated rings. The molecule has 0 amide bonds. The van der Waals surface area contributed by atoms with E-state index in [0.29, 0.717) is 12.6 Å². The van der Waals surface area contributed by atoms with E-state index in [-0.39, 0.29) is 12.0 Å². The van der Waals surface area contributed by atoms with E-state index in [1.807, 2.05) is 14.1 Å². The Morgan fingerprint density at radius 2 is 2.19 bits per heavy atom. The van der Waals surface area contributed by atoms with Crippen LogP contribution >= 0.6 is 0 Å². The zero-order chi connectivity index (χ0) is 12.0. The molecular formula is C9H16N6O. The molecule has 7 nitrogen and oxygen atoms in total. The van der Waals surface area contributed by atoms with Crippen molar-refractivity contribution in [1.82, 2.24) is 15.0 Å². The molecule has 3 N–H and O–H groups in total. The minimum atomic E-state index is 0.244. The Hall–Kier alpha value is -1.89. The number of hydrazine groups is 1. The number of nitrogens with two attached hydrogens (primary N) is 1. The van der Waals surface area contributed by atoms with Gasteiger partial charge in [0.2, 0.25) is 11.9 Å². The van der Waals surface area contributed by atoms with Crippen molar-refractivity contribution in [3.63, 3.8) is 0 Å². The summed E-state index contributed by atoms with van der Waals surface area (Å²) in [6.07, 6.45) is 2.49. The molecule has 0 aromatic carbocycles. The Morgan fingerprint density at radius 1 is 1.44 bits per heavy atom. The van der Waals surface area contributed by atoms with E-state index in [4.69, 9.17) is 10.6 Å². The van der Waals surface area contributed by atoms with Gasteiger partial charge in [-0.25, -0.2) is 5.84 Å². The molecule has 1 aromatic heterocycles. The predicted octanol–water partition coefficient (Wildman–Crippen LogP) is 0.178. The molecule has 0 bridgehead atoms. The van der Waals surface area contributed by atoms with Gasteiger partial charge in [0.25, 0.3) is 0 Å². The van der Waals surface area contributed by atoms with Crippen molar-refractivity contribution in [2.75, 3.05) is 31.0 Å². The van der Waals surface area contributed by atoms with E-state index in [9.17, 15) is 0 Å². The number of nitrogen functional groups attached to an aromatic ring is 1. The Balaban J connectivity index is 2.82. The largest absolute Gasteiger partial charge is 0.463 e. The number of rotatable bonds is 6. The first-order chi connectivity index (χ1) is 7.67. The van der Waals surface area contributed by atoms with Crippen molar-refractivity contribution in [1.29, 1.82) is 0 Å². The van der Waals surface area contributed by atoms with Crippen molar-refractivity contribution in [3.05, 3.63) is 12.7 Å². The van der Waals surface area contributed by atoms with Gasteiger partial charge in [0.1, 0.15) is 0 Å². The maximum absolute atomic E-state index is 5.32. The molecule has 0 saturated carbocycles. The number of hydrogen-bond donors (Lipinski definition) is 2. The lowest BCUT2D eigenvalue weighted by molar-refractivity contribution is 0.298. The Bertz CT molecular complexity index is 354. The fraction of sp³-hybridized carbons (Fsp3) is 0.444. The van der Waals surface area contributed by atoms with E-state index >= 15 is 0 Å². The Labute approximate surface area is 94.3 Å². The molecular weight excluding hydrogens is 208 g/mol. The monoisotopic (exact) mass is 224 g/mol. The fourth-order valence-corrected chi connectivity index (χ4v) is 0.909. The summed E-state index contributed by atoms with van der Waals surface area (Å²) < 4.78 is 5.32. The van der Waals surface area contributed by atoms with Crippen molar-refractivity contribution in [2.24, 2.45) is 5.84 Å². The van der Waals surface area contributed by atoms with Crippen LogP contribution in [0.3, 0.4) is 0 Å². The summed E-state index contributed by atoms with van der Waals surface area (Å²) >= 11 is 0. The molecule has 1 aromatic rings. The minimum absolute atomic E-state index is 0.244. The smallest absolute Gasteiger partial charge is 0.323 e. The van der Waals surface area contributed by atoms with Gasteiger partial charge in [0, 0.05) is 14.1 Å². The number of hydrogen-bond acceptors (Lipinski definition) is 7. The topological polar surface area (TPSA) is 89.2 Å². The Morgan fingerprint density at radius 3 is 2.75 bits per heavy atom. The second kappa shape index (κ2) is 5.86. The van der Waals surface area contributed by atoms with Crippen LogP contribution in [-0.2, 0) is 0 Å². The first-order valence-electron chi connectivity index (χ1n) is 4.81. The van der Waals surface area contributed by atoms with Crippen molar-refractivity contribution < 1.29 is 4.74 Å². The summed E-state index contributed by atoms with van der Waals surface area (Å²) in [5.41, 5.74) is 2.36. The average molecular weight is 224 g/mol. The number of nitrogens with one attached hydrogen (secondary N) is 1. The van der Waals surface area contributed by atoms with Crippen LogP contribution in [0.1, 0.15) is 6.42 Å². The second-order valence-electron chi connectivity index (χ2n) is 3.21. The highest BCUT2D eigenvalue weighted by Gasteiger charge is 2.07. The third kappa shape index (κ3) is 3.35. The summed E-state index contributed by atoms with van der Waals surface area (Å²) in [6.45, 7) is 4.07. The van der Waals surface area contributed by atoms with Gasteiger partial charge >= 0.3 is 6.01 Å². The lowest BCUT2D eigenvalue weighted by atomic mass is 10.5. The van der Waals surface area contributed by atoms with Crippen LogP contribution in [0, 0.1) is 0 Å². The number of ether oxygens (including phenoxy) is 1. The molecule has 0 aliphatic carbocycles. The van der Waals surface area contributed by atoms with Gasteiger partial charge in [-0.3, -0.25) is 5.43 Å². The van der Waals surface area contributed by atoms with Crippen molar-refractivity contribution in [2.45, 2.75) is 6.42 Å². The molecule has 1 rings (SSSR count). The summed E-state index contributed by atoms with van der Waals surface area (Å²) in [6, 6.07) is 0.244. The summed E-state index contributed by atoms with van der Waals surface area (Å²) in [4.78, 5) is 13.9. The number of anilines is 2. The molecule has 0 unspecified atom stereocenters. The quantitative estimate of drug-likeness (QED) is 0.308. The molecule has 0 radical (unpaired) electrons. The molecule has 0 aliphatic rings. The standard InChI is InChI=1S/C9H16N6O/c1-4-5-6-16-9-12-7(14-10)11-8(13-9)15(2)3/h4H,1,5-6,10H2,2-3H3,(H,11,12,13,14). The van der Waals surface area contributed by atoms with Crippen LogP contribution < -0.4 is 20.9 Å². The molecule has 0 aliphatic heterocycles. The molecule has 1 heterocycles. The van der Waals surface area contributed by atoms with Gasteiger partial charge in [0.05, 0.1) is 6.61 Å². The molecule has 16 heavy (non-hydrogen) atoms. The van der Waals surface area contributed by atoms with Gasteiger partial charge in [0.15, 0.2) is 0 Å². The van der Waals surface area contributed by atoms with Gasteiger partial charge in [-0.15, -0.1) is 6.58 Å². The van der Waals surface area contributed by atoms with Crippen LogP contribution in [0.2, 0.25) is 0 Å². The molecule has 0 saturated heterocycles. The normalized spacial score (nSPS) is 9.69. The fourth-order valence-electron chi connectivity index (χ4n) is 0.909. The van der Waals surface area contributed by atoms with Crippen molar-refractivity contribution >= 4 is 11.9 Å². The lowest BCUT2D eigenvalue weighted by Gasteiger charge is -2.12. The highest BCUT2D eigenvalue weighted by molar-refractivity contribution is 5.35. The van der Waals surface area contributed by atoms with E-state index in [0.717, 1.165) is 6.42 Å². The van der Waals surface area contributed by atoms with Crippen LogP contribution in [0.5, 0.6) is 6.01 Å². The van der Waals surface area contributed by atoms with E-state index in [1.54, 1.807) is 11.0 Å². The van der Waals surface area contributed by atoms with Crippen molar-refractivity contribution in [3.8, 4) is 6.01 Å². The molecule has 0 atom stereocenters. The average Bonchev–Trinajstić information content (AvgIpc) is 2.29. The Kier molecular flexibility index (Phi) is 4.46. The zero-order valence-electron chi connectivity index (χ0n) is 9.47. The van der Waals surface area contributed by atoms with Crippen LogP contribution in [0.15, 0.2) is 12.7 Å². The molecule has 88 valence electrons. The molecule has 7 heteroatoms. The van der Waals surface area contributed by atoms with E-state index in [1.165, 1.54) is 0 Å². The van der Waals surface area contributed by atoms with Gasteiger partial charge in [-0.05, 0) is 6.42 Å². The lowest BCUT2D eigenvalue weighted by Crippen LogP contribution is -2.18. The van der Waals surface area contributed by atoms with E-state index < -0.39 is 0 Å². The summed E-state index contributed by atoms with van der Waals surface area (Å²) in [7, 11) is 3.65.